The molecule has 132 valence electrons. The van der Waals surface area contributed by atoms with Crippen molar-refractivity contribution in [2.45, 2.75) is 11.3 Å². The first-order chi connectivity index (χ1) is 12.4. The molecule has 1 aromatic heterocycles. The van der Waals surface area contributed by atoms with Gasteiger partial charge in [0.05, 0.1) is 10.5 Å². The fourth-order valence-electron chi connectivity index (χ4n) is 2.87. The second kappa shape index (κ2) is 6.17. The van der Waals surface area contributed by atoms with E-state index in [0.717, 1.165) is 36.4 Å². The average Bonchev–Trinajstić information content (AvgIpc) is 3.04. The molecule has 0 saturated carbocycles. The Morgan fingerprint density at radius 1 is 1.15 bits per heavy atom. The van der Waals surface area contributed by atoms with Gasteiger partial charge in [0.25, 0.3) is 0 Å². The maximum Gasteiger partial charge on any atom is 0.230 e. The summed E-state index contributed by atoms with van der Waals surface area (Å²) >= 11 is 0. The first-order valence-corrected chi connectivity index (χ1v) is 9.91. The van der Waals surface area contributed by atoms with E-state index in [4.69, 9.17) is 4.42 Å². The van der Waals surface area contributed by atoms with Crippen LogP contribution in [-0.2, 0) is 9.84 Å². The molecule has 0 N–H and O–H groups in total. The lowest BCUT2D eigenvalue weighted by Crippen LogP contribution is -1.98. The van der Waals surface area contributed by atoms with E-state index in [2.05, 4.69) is 9.98 Å². The highest BCUT2D eigenvalue weighted by atomic mass is 32.2. The lowest BCUT2D eigenvalue weighted by molar-refractivity contribution is 0.585. The summed E-state index contributed by atoms with van der Waals surface area (Å²) in [5, 5.41) is 0. The van der Waals surface area contributed by atoms with Crippen molar-refractivity contribution in [1.82, 2.24) is 4.98 Å². The van der Waals surface area contributed by atoms with E-state index >= 15 is 0 Å². The van der Waals surface area contributed by atoms with Crippen molar-refractivity contribution in [1.29, 1.82) is 0 Å². The fourth-order valence-corrected chi connectivity index (χ4v) is 3.50. The molecule has 1 aliphatic rings. The maximum atomic E-state index is 14.4. The standard InChI is InChI=1S/C19H15FN2O3S/c1-26(23,24)14-3-4-15(16(20)11-14)19-22-17-5-2-13(10-18(17)25-19)12-6-8-21-9-7-12/h2-6,8,10-11H,7,9H2,1H3. The van der Waals surface area contributed by atoms with Crippen molar-refractivity contribution in [2.75, 3.05) is 12.8 Å². The van der Waals surface area contributed by atoms with Gasteiger partial charge in [0.1, 0.15) is 11.3 Å². The zero-order valence-corrected chi connectivity index (χ0v) is 14.8. The number of halogens is 1. The van der Waals surface area contributed by atoms with Gasteiger partial charge >= 0.3 is 0 Å². The van der Waals surface area contributed by atoms with E-state index in [1.54, 1.807) is 6.21 Å². The van der Waals surface area contributed by atoms with Gasteiger partial charge in [-0.15, -0.1) is 0 Å². The summed E-state index contributed by atoms with van der Waals surface area (Å²) in [7, 11) is -3.47. The molecule has 0 unspecified atom stereocenters. The summed E-state index contributed by atoms with van der Waals surface area (Å²) in [4.78, 5) is 8.41. The van der Waals surface area contributed by atoms with Gasteiger partial charge in [-0.3, -0.25) is 4.99 Å². The van der Waals surface area contributed by atoms with Crippen molar-refractivity contribution in [2.24, 2.45) is 4.99 Å². The predicted octanol–water partition coefficient (Wildman–Crippen LogP) is 3.90. The highest BCUT2D eigenvalue weighted by Crippen LogP contribution is 2.30. The third-order valence-electron chi connectivity index (χ3n) is 4.25. The quantitative estimate of drug-likeness (QED) is 0.701. The van der Waals surface area contributed by atoms with Crippen LogP contribution in [0.1, 0.15) is 12.0 Å². The lowest BCUT2D eigenvalue weighted by Gasteiger charge is -2.08. The number of rotatable bonds is 3. The topological polar surface area (TPSA) is 72.5 Å². The molecule has 0 saturated heterocycles. The van der Waals surface area contributed by atoms with Crippen LogP contribution in [0.2, 0.25) is 0 Å². The SMILES string of the molecule is CS(=O)(=O)c1ccc(-c2nc3ccc(C4=CC=NCC4)cc3o2)c(F)c1. The van der Waals surface area contributed by atoms with Crippen LogP contribution in [-0.4, -0.2) is 32.4 Å². The van der Waals surface area contributed by atoms with E-state index in [1.165, 1.54) is 12.1 Å². The molecule has 0 fully saturated rings. The van der Waals surface area contributed by atoms with E-state index in [1.807, 2.05) is 24.3 Å². The van der Waals surface area contributed by atoms with Crippen LogP contribution in [0.3, 0.4) is 0 Å². The number of sulfone groups is 1. The molecule has 1 aliphatic heterocycles. The van der Waals surface area contributed by atoms with Crippen molar-refractivity contribution in [3.63, 3.8) is 0 Å². The number of aliphatic imine (C=N–C) groups is 1. The van der Waals surface area contributed by atoms with E-state index in [0.29, 0.717) is 11.1 Å². The molecule has 0 amide bonds. The van der Waals surface area contributed by atoms with Crippen LogP contribution in [0.15, 0.2) is 56.8 Å². The van der Waals surface area contributed by atoms with Crippen LogP contribution < -0.4 is 0 Å². The number of benzene rings is 2. The zero-order chi connectivity index (χ0) is 18.3. The molecule has 0 bridgehead atoms. The summed E-state index contributed by atoms with van der Waals surface area (Å²) in [6.45, 7) is 0.753. The minimum absolute atomic E-state index is 0.0805. The summed E-state index contributed by atoms with van der Waals surface area (Å²) in [6, 6.07) is 9.35. The zero-order valence-electron chi connectivity index (χ0n) is 13.9. The second-order valence-electron chi connectivity index (χ2n) is 6.11. The lowest BCUT2D eigenvalue weighted by atomic mass is 10.0. The highest BCUT2D eigenvalue weighted by molar-refractivity contribution is 7.90. The molecule has 0 atom stereocenters. The third-order valence-corrected chi connectivity index (χ3v) is 5.36. The number of fused-ring (bicyclic) bond motifs is 1. The van der Waals surface area contributed by atoms with Crippen molar-refractivity contribution in [3.8, 4) is 11.5 Å². The summed E-state index contributed by atoms with van der Waals surface area (Å²) in [6.07, 6.45) is 5.64. The third kappa shape index (κ3) is 3.06. The molecule has 0 spiro atoms. The van der Waals surface area contributed by atoms with Gasteiger partial charge in [-0.1, -0.05) is 6.07 Å². The fraction of sp³-hybridized carbons (Fsp3) is 0.158. The minimum Gasteiger partial charge on any atom is -0.436 e. The number of nitrogens with zero attached hydrogens (tertiary/aromatic N) is 2. The maximum absolute atomic E-state index is 14.4. The monoisotopic (exact) mass is 370 g/mol. The number of oxazole rings is 1. The molecule has 4 rings (SSSR count). The minimum atomic E-state index is -3.47. The van der Waals surface area contributed by atoms with Gasteiger partial charge in [0.15, 0.2) is 15.4 Å². The first-order valence-electron chi connectivity index (χ1n) is 8.02. The Bertz CT molecular complexity index is 1180. The van der Waals surface area contributed by atoms with E-state index in [9.17, 15) is 12.8 Å². The number of hydrogen-bond donors (Lipinski definition) is 0. The Kier molecular flexibility index (Phi) is 3.96. The average molecular weight is 370 g/mol. The van der Waals surface area contributed by atoms with Gasteiger partial charge in [-0.2, -0.15) is 0 Å². The molecule has 0 radical (unpaired) electrons. The molecule has 0 aliphatic carbocycles. The normalized spacial score (nSPS) is 14.6. The second-order valence-corrected chi connectivity index (χ2v) is 8.13. The highest BCUT2D eigenvalue weighted by Gasteiger charge is 2.17. The molecular formula is C19H15FN2O3S. The van der Waals surface area contributed by atoms with Gasteiger partial charge in [0.2, 0.25) is 5.89 Å². The number of allylic oxidation sites excluding steroid dienone is 1. The van der Waals surface area contributed by atoms with E-state index in [-0.39, 0.29) is 16.3 Å². The predicted molar refractivity (Wildman–Crippen MR) is 98.5 cm³/mol. The Morgan fingerprint density at radius 3 is 2.69 bits per heavy atom. The van der Waals surface area contributed by atoms with Crippen LogP contribution in [0.25, 0.3) is 28.1 Å². The number of hydrogen-bond acceptors (Lipinski definition) is 5. The van der Waals surface area contributed by atoms with Gasteiger partial charge < -0.3 is 4.42 Å². The van der Waals surface area contributed by atoms with Crippen molar-refractivity contribution >= 4 is 32.7 Å². The number of aromatic nitrogens is 1. The van der Waals surface area contributed by atoms with Crippen LogP contribution >= 0.6 is 0 Å². The summed E-state index contributed by atoms with van der Waals surface area (Å²) in [5.41, 5.74) is 3.45. The Hall–Kier alpha value is -2.80. The summed E-state index contributed by atoms with van der Waals surface area (Å²) < 4.78 is 43.2. The van der Waals surface area contributed by atoms with Gasteiger partial charge in [0, 0.05) is 19.0 Å². The molecule has 26 heavy (non-hydrogen) atoms. The molecule has 5 nitrogen and oxygen atoms in total. The molecule has 2 heterocycles. The van der Waals surface area contributed by atoms with Crippen molar-refractivity contribution in [3.05, 3.63) is 53.9 Å². The first kappa shape index (κ1) is 16.7. The largest absolute Gasteiger partial charge is 0.436 e. The van der Waals surface area contributed by atoms with Crippen LogP contribution in [0.5, 0.6) is 0 Å². The Morgan fingerprint density at radius 2 is 2.00 bits per heavy atom. The van der Waals surface area contributed by atoms with Gasteiger partial charge in [-0.25, -0.2) is 17.8 Å². The Labute approximate surface area is 149 Å². The smallest absolute Gasteiger partial charge is 0.230 e. The number of dihydropyridines is 1. The van der Waals surface area contributed by atoms with Crippen LogP contribution in [0.4, 0.5) is 4.39 Å². The van der Waals surface area contributed by atoms with E-state index < -0.39 is 15.7 Å². The molecule has 2 aromatic carbocycles. The molecule has 7 heteroatoms. The molecule has 3 aromatic rings. The Balaban J connectivity index is 1.76. The van der Waals surface area contributed by atoms with Crippen molar-refractivity contribution < 1.29 is 17.2 Å². The van der Waals surface area contributed by atoms with Gasteiger partial charge in [-0.05, 0) is 54.0 Å². The molecular weight excluding hydrogens is 355 g/mol. The summed E-state index contributed by atoms with van der Waals surface area (Å²) in [5.74, 6) is -0.570. The van der Waals surface area contributed by atoms with Crippen LogP contribution in [0, 0.1) is 5.82 Å².